The summed E-state index contributed by atoms with van der Waals surface area (Å²) < 4.78 is 0. The maximum atomic E-state index is 13.4. The lowest BCUT2D eigenvalue weighted by atomic mass is 9.92. The van der Waals surface area contributed by atoms with Gasteiger partial charge in [-0.25, -0.2) is 0 Å². The van der Waals surface area contributed by atoms with E-state index in [1.165, 1.54) is 0 Å². The number of amides is 2. The first-order valence-corrected chi connectivity index (χ1v) is 11.6. The van der Waals surface area contributed by atoms with Gasteiger partial charge in [-0.05, 0) is 69.0 Å². The summed E-state index contributed by atoms with van der Waals surface area (Å²) in [5.74, 6) is 0.298. The van der Waals surface area contributed by atoms with Crippen molar-refractivity contribution in [2.75, 3.05) is 31.5 Å². The largest absolute Gasteiger partial charge is 0.342 e. The number of anilines is 1. The van der Waals surface area contributed by atoms with Gasteiger partial charge in [0.25, 0.3) is 0 Å². The van der Waals surface area contributed by atoms with E-state index in [0.29, 0.717) is 16.6 Å². The van der Waals surface area contributed by atoms with Gasteiger partial charge in [0.1, 0.15) is 6.04 Å². The van der Waals surface area contributed by atoms with Gasteiger partial charge in [-0.2, -0.15) is 0 Å². The Kier molecular flexibility index (Phi) is 6.93. The number of benzene rings is 2. The lowest BCUT2D eigenvalue weighted by Crippen LogP contribution is -2.45. The Balaban J connectivity index is 1.47. The van der Waals surface area contributed by atoms with E-state index in [0.717, 1.165) is 63.0 Å². The number of hydrogen-bond acceptors (Lipinski definition) is 3. The van der Waals surface area contributed by atoms with E-state index < -0.39 is 6.04 Å². The molecule has 2 aromatic carbocycles. The molecule has 1 N–H and O–H groups in total. The van der Waals surface area contributed by atoms with Crippen molar-refractivity contribution in [2.24, 2.45) is 5.92 Å². The number of likely N-dealkylation sites (tertiary alicyclic amines) is 2. The zero-order valence-electron chi connectivity index (χ0n) is 18.0. The predicted octanol–water partition coefficient (Wildman–Crippen LogP) is 4.66. The summed E-state index contributed by atoms with van der Waals surface area (Å²) in [6.07, 6.45) is 3.82. The van der Waals surface area contributed by atoms with E-state index in [1.807, 2.05) is 54.3 Å². The molecule has 2 aromatic rings. The van der Waals surface area contributed by atoms with Crippen LogP contribution in [-0.2, 0) is 9.59 Å². The number of carbonyl (C=O) groups excluding carboxylic acids is 2. The molecule has 1 atom stereocenters. The highest BCUT2D eigenvalue weighted by atomic mass is 35.5. The summed E-state index contributed by atoms with van der Waals surface area (Å²) in [5.41, 5.74) is 2.63. The Labute approximate surface area is 189 Å². The molecule has 2 aliphatic rings. The lowest BCUT2D eigenvalue weighted by molar-refractivity contribution is -0.136. The molecule has 2 heterocycles. The molecular weight excluding hydrogens is 410 g/mol. The van der Waals surface area contributed by atoms with Crippen LogP contribution >= 0.6 is 11.6 Å². The second kappa shape index (κ2) is 9.84. The third kappa shape index (κ3) is 5.10. The standard InChI is InChI=1S/C25H30ClN3O2/c1-18-9-10-21(17-22(18)26)27-24(30)23(19-7-3-2-4-8-19)28-15-11-20(12-16-28)25(31)29-13-5-6-14-29/h2-4,7-10,17,20,23H,5-6,11-16H2,1H3,(H,27,30)/t23-/m1/s1. The van der Waals surface area contributed by atoms with Gasteiger partial charge >= 0.3 is 0 Å². The quantitative estimate of drug-likeness (QED) is 0.736. The number of nitrogens with zero attached hydrogens (tertiary/aromatic N) is 2. The molecule has 2 fully saturated rings. The first-order chi connectivity index (χ1) is 15.0. The highest BCUT2D eigenvalue weighted by molar-refractivity contribution is 6.31. The van der Waals surface area contributed by atoms with Crippen LogP contribution in [0, 0.1) is 12.8 Å². The van der Waals surface area contributed by atoms with E-state index in [-0.39, 0.29) is 11.8 Å². The molecular formula is C25H30ClN3O2. The minimum absolute atomic E-state index is 0.0737. The molecule has 0 bridgehead atoms. The van der Waals surface area contributed by atoms with E-state index in [9.17, 15) is 9.59 Å². The molecule has 2 amide bonds. The molecule has 5 nitrogen and oxygen atoms in total. The molecule has 0 radical (unpaired) electrons. The van der Waals surface area contributed by atoms with Crippen molar-refractivity contribution in [1.82, 2.24) is 9.80 Å². The average molecular weight is 440 g/mol. The van der Waals surface area contributed by atoms with E-state index in [1.54, 1.807) is 6.07 Å². The molecule has 0 saturated carbocycles. The van der Waals surface area contributed by atoms with Crippen LogP contribution in [0.25, 0.3) is 0 Å². The fraction of sp³-hybridized carbons (Fsp3) is 0.440. The van der Waals surface area contributed by atoms with Crippen LogP contribution in [0.1, 0.15) is 42.9 Å². The number of hydrogen-bond donors (Lipinski definition) is 1. The van der Waals surface area contributed by atoms with E-state index in [2.05, 4.69) is 10.2 Å². The molecule has 0 unspecified atom stereocenters. The summed E-state index contributed by atoms with van der Waals surface area (Å²) >= 11 is 6.24. The van der Waals surface area contributed by atoms with Gasteiger partial charge in [-0.15, -0.1) is 0 Å². The topological polar surface area (TPSA) is 52.7 Å². The highest BCUT2D eigenvalue weighted by Crippen LogP contribution is 2.30. The van der Waals surface area contributed by atoms with Crippen LogP contribution in [-0.4, -0.2) is 47.8 Å². The fourth-order valence-corrected chi connectivity index (χ4v) is 4.83. The minimum Gasteiger partial charge on any atom is -0.342 e. The number of aryl methyl sites for hydroxylation is 1. The SMILES string of the molecule is Cc1ccc(NC(=O)[C@@H](c2ccccc2)N2CCC(C(=O)N3CCCC3)CC2)cc1Cl. The fourth-order valence-electron chi connectivity index (χ4n) is 4.64. The number of carbonyl (C=O) groups is 2. The van der Waals surface area contributed by atoms with Gasteiger partial charge in [0, 0.05) is 29.7 Å². The summed E-state index contributed by atoms with van der Waals surface area (Å²) in [4.78, 5) is 30.4. The second-order valence-corrected chi connectivity index (χ2v) is 9.02. The molecule has 4 rings (SSSR count). The van der Waals surface area contributed by atoms with Crippen LogP contribution in [0.2, 0.25) is 5.02 Å². The molecule has 6 heteroatoms. The third-order valence-electron chi connectivity index (χ3n) is 6.46. The molecule has 0 spiro atoms. The minimum atomic E-state index is -0.399. The van der Waals surface area contributed by atoms with Crippen LogP contribution in [0.4, 0.5) is 5.69 Å². The van der Waals surface area contributed by atoms with Crippen molar-refractivity contribution in [2.45, 2.75) is 38.6 Å². The molecule has 0 aromatic heterocycles. The van der Waals surface area contributed by atoms with E-state index >= 15 is 0 Å². The van der Waals surface area contributed by atoms with Crippen LogP contribution in [0.3, 0.4) is 0 Å². The highest BCUT2D eigenvalue weighted by Gasteiger charge is 2.35. The normalized spacial score (nSPS) is 18.7. The zero-order chi connectivity index (χ0) is 21.8. The van der Waals surface area contributed by atoms with Crippen molar-refractivity contribution in [3.05, 3.63) is 64.7 Å². The molecule has 2 aliphatic heterocycles. The Morgan fingerprint density at radius 2 is 1.68 bits per heavy atom. The van der Waals surface area contributed by atoms with Gasteiger partial charge in [-0.3, -0.25) is 14.5 Å². The molecule has 2 saturated heterocycles. The van der Waals surface area contributed by atoms with Crippen LogP contribution in [0.15, 0.2) is 48.5 Å². The zero-order valence-corrected chi connectivity index (χ0v) is 18.8. The van der Waals surface area contributed by atoms with Crippen molar-refractivity contribution < 1.29 is 9.59 Å². The van der Waals surface area contributed by atoms with Gasteiger partial charge < -0.3 is 10.2 Å². The van der Waals surface area contributed by atoms with Crippen molar-refractivity contribution in [1.29, 1.82) is 0 Å². The maximum Gasteiger partial charge on any atom is 0.246 e. The molecule has 164 valence electrons. The monoisotopic (exact) mass is 439 g/mol. The third-order valence-corrected chi connectivity index (χ3v) is 6.87. The molecule has 0 aliphatic carbocycles. The van der Waals surface area contributed by atoms with Crippen molar-refractivity contribution >= 4 is 29.1 Å². The van der Waals surface area contributed by atoms with Crippen LogP contribution in [0.5, 0.6) is 0 Å². The Bertz CT molecular complexity index is 920. The Morgan fingerprint density at radius 3 is 2.32 bits per heavy atom. The Hall–Kier alpha value is -2.37. The van der Waals surface area contributed by atoms with Gasteiger partial charge in [0.05, 0.1) is 0 Å². The maximum absolute atomic E-state index is 13.4. The average Bonchev–Trinajstić information content (AvgIpc) is 3.32. The van der Waals surface area contributed by atoms with Gasteiger partial charge in [0.15, 0.2) is 0 Å². The summed E-state index contributed by atoms with van der Waals surface area (Å²) in [7, 11) is 0. The van der Waals surface area contributed by atoms with Gasteiger partial charge in [0.2, 0.25) is 11.8 Å². The second-order valence-electron chi connectivity index (χ2n) is 8.61. The van der Waals surface area contributed by atoms with Crippen molar-refractivity contribution in [3.8, 4) is 0 Å². The number of halogens is 1. The lowest BCUT2D eigenvalue weighted by Gasteiger charge is -2.37. The first kappa shape index (κ1) is 21.8. The van der Waals surface area contributed by atoms with Crippen LogP contribution < -0.4 is 5.32 Å². The predicted molar refractivity (Wildman–Crippen MR) is 124 cm³/mol. The van der Waals surface area contributed by atoms with E-state index in [4.69, 9.17) is 11.6 Å². The van der Waals surface area contributed by atoms with Gasteiger partial charge in [-0.1, -0.05) is 48.0 Å². The summed E-state index contributed by atoms with van der Waals surface area (Å²) in [6.45, 7) is 5.19. The smallest absolute Gasteiger partial charge is 0.246 e. The number of nitrogens with one attached hydrogen (secondary N) is 1. The Morgan fingerprint density at radius 1 is 1.00 bits per heavy atom. The first-order valence-electron chi connectivity index (χ1n) is 11.2. The summed E-state index contributed by atoms with van der Waals surface area (Å²) in [5, 5.41) is 3.68. The number of rotatable bonds is 5. The number of piperidine rings is 1. The molecule has 31 heavy (non-hydrogen) atoms. The van der Waals surface area contributed by atoms with Crippen molar-refractivity contribution in [3.63, 3.8) is 0 Å². The summed E-state index contributed by atoms with van der Waals surface area (Å²) in [6, 6.07) is 15.0.